The number of piperidine rings is 1. The first-order valence-corrected chi connectivity index (χ1v) is 13.4. The molecule has 1 fully saturated rings. The Morgan fingerprint density at radius 2 is 1.88 bits per heavy atom. The van der Waals surface area contributed by atoms with Crippen molar-refractivity contribution in [1.29, 1.82) is 0 Å². The second-order valence-corrected chi connectivity index (χ2v) is 9.82. The van der Waals surface area contributed by atoms with Gasteiger partial charge in [0.05, 0.1) is 42.1 Å². The molecule has 0 radical (unpaired) electrons. The van der Waals surface area contributed by atoms with E-state index in [2.05, 4.69) is 21.7 Å². The fraction of sp³-hybridized carbons (Fsp3) is 0.310. The molecule has 3 aromatic heterocycles. The summed E-state index contributed by atoms with van der Waals surface area (Å²) in [7, 11) is 1.57. The van der Waals surface area contributed by atoms with E-state index in [-0.39, 0.29) is 18.0 Å². The molecule has 204 valence electrons. The number of nitrogens with one attached hydrogen (secondary N) is 2. The van der Waals surface area contributed by atoms with Gasteiger partial charge in [-0.05, 0) is 61.2 Å². The summed E-state index contributed by atoms with van der Waals surface area (Å²) in [4.78, 5) is 40.6. The highest BCUT2D eigenvalue weighted by molar-refractivity contribution is 5.94. The van der Waals surface area contributed by atoms with Gasteiger partial charge >= 0.3 is 6.03 Å². The van der Waals surface area contributed by atoms with E-state index < -0.39 is 0 Å². The molecule has 0 bridgehead atoms. The number of benzene rings is 1. The second kappa shape index (κ2) is 11.2. The number of rotatable bonds is 5. The molecule has 11 heteroatoms. The minimum atomic E-state index is -0.281. The van der Waals surface area contributed by atoms with Crippen molar-refractivity contribution >= 4 is 34.2 Å². The third-order valence-corrected chi connectivity index (χ3v) is 7.36. The molecule has 0 unspecified atom stereocenters. The Morgan fingerprint density at radius 3 is 2.58 bits per heavy atom. The average Bonchev–Trinajstić information content (AvgIpc) is 3.45. The van der Waals surface area contributed by atoms with Crippen LogP contribution >= 0.6 is 0 Å². The first-order chi connectivity index (χ1) is 19.6. The van der Waals surface area contributed by atoms with Crippen molar-refractivity contribution in [3.05, 3.63) is 72.3 Å². The zero-order valence-electron chi connectivity index (χ0n) is 22.2. The SMILES string of the molecule is CNC(=O)Nc1ccc(-c2nc(C3=CCOCC3)c3cnn(C4CCN(C(=O)c5cccnc5)CC4)c3n2)cc1. The van der Waals surface area contributed by atoms with Gasteiger partial charge in [0.15, 0.2) is 11.5 Å². The van der Waals surface area contributed by atoms with E-state index in [1.165, 1.54) is 0 Å². The number of hydrogen-bond donors (Lipinski definition) is 2. The monoisotopic (exact) mass is 538 g/mol. The number of carbonyl (C=O) groups is 2. The number of amides is 3. The largest absolute Gasteiger partial charge is 0.377 e. The van der Waals surface area contributed by atoms with E-state index in [9.17, 15) is 9.59 Å². The highest BCUT2D eigenvalue weighted by Gasteiger charge is 2.28. The van der Waals surface area contributed by atoms with Gasteiger partial charge in [0.2, 0.25) is 0 Å². The lowest BCUT2D eigenvalue weighted by Crippen LogP contribution is -2.39. The number of anilines is 1. The van der Waals surface area contributed by atoms with Gasteiger partial charge in [-0.25, -0.2) is 19.4 Å². The maximum absolute atomic E-state index is 12.9. The first kappa shape index (κ1) is 25.6. The Kier molecular flexibility index (Phi) is 7.19. The highest BCUT2D eigenvalue weighted by atomic mass is 16.5. The van der Waals surface area contributed by atoms with Crippen LogP contribution in [0.5, 0.6) is 0 Å². The standard InChI is InChI=1S/C29H30N8O3/c1-30-29(39)33-22-6-4-20(5-7-22)26-34-25(19-10-15-40-16-11-19)24-18-32-37(27(24)35-26)23-8-13-36(14-9-23)28(38)21-3-2-12-31-17-21/h2-7,10,12,17-18,23H,8-9,11,13-16H2,1H3,(H2,30,33,39). The molecule has 1 saturated heterocycles. The fourth-order valence-corrected chi connectivity index (χ4v) is 5.19. The Labute approximate surface area is 231 Å². The number of hydrogen-bond acceptors (Lipinski definition) is 7. The minimum absolute atomic E-state index is 0.00424. The van der Waals surface area contributed by atoms with E-state index in [0.29, 0.717) is 43.4 Å². The molecular weight excluding hydrogens is 508 g/mol. The smallest absolute Gasteiger partial charge is 0.318 e. The summed E-state index contributed by atoms with van der Waals surface area (Å²) < 4.78 is 7.54. The molecule has 40 heavy (non-hydrogen) atoms. The lowest BCUT2D eigenvalue weighted by Gasteiger charge is -2.32. The van der Waals surface area contributed by atoms with E-state index in [4.69, 9.17) is 19.8 Å². The van der Waals surface area contributed by atoms with Gasteiger partial charge in [0.1, 0.15) is 0 Å². The van der Waals surface area contributed by atoms with Crippen molar-refractivity contribution in [3.8, 4) is 11.4 Å². The van der Waals surface area contributed by atoms with Crippen LogP contribution in [0.15, 0.2) is 61.1 Å². The first-order valence-electron chi connectivity index (χ1n) is 13.4. The molecule has 2 aliphatic heterocycles. The third kappa shape index (κ3) is 5.15. The maximum atomic E-state index is 12.9. The third-order valence-electron chi connectivity index (χ3n) is 7.36. The Bertz CT molecular complexity index is 1560. The Hall–Kier alpha value is -4.64. The molecule has 0 saturated carbocycles. The van der Waals surface area contributed by atoms with Crippen LogP contribution in [0, 0.1) is 0 Å². The second-order valence-electron chi connectivity index (χ2n) is 9.82. The van der Waals surface area contributed by atoms with Gasteiger partial charge in [-0.3, -0.25) is 9.78 Å². The van der Waals surface area contributed by atoms with Crippen LogP contribution in [0.1, 0.15) is 41.4 Å². The van der Waals surface area contributed by atoms with Crippen LogP contribution in [0.25, 0.3) is 28.0 Å². The van der Waals surface area contributed by atoms with E-state index in [1.54, 1.807) is 31.6 Å². The number of ether oxygens (including phenoxy) is 1. The van der Waals surface area contributed by atoms with Gasteiger partial charge in [-0.15, -0.1) is 0 Å². The van der Waals surface area contributed by atoms with Crippen molar-refractivity contribution in [2.75, 3.05) is 38.7 Å². The van der Waals surface area contributed by atoms with Crippen molar-refractivity contribution in [2.45, 2.75) is 25.3 Å². The normalized spacial score (nSPS) is 16.0. The maximum Gasteiger partial charge on any atom is 0.318 e. The van der Waals surface area contributed by atoms with E-state index in [1.807, 2.05) is 40.0 Å². The zero-order valence-corrected chi connectivity index (χ0v) is 22.2. The van der Waals surface area contributed by atoms with Gasteiger partial charge in [-0.1, -0.05) is 6.08 Å². The summed E-state index contributed by atoms with van der Waals surface area (Å²) in [5.74, 6) is 0.594. The molecule has 5 heterocycles. The molecule has 11 nitrogen and oxygen atoms in total. The molecular formula is C29H30N8O3. The summed E-state index contributed by atoms with van der Waals surface area (Å²) in [6.45, 7) is 2.46. The van der Waals surface area contributed by atoms with Crippen molar-refractivity contribution in [3.63, 3.8) is 0 Å². The number of likely N-dealkylation sites (tertiary alicyclic amines) is 1. The van der Waals surface area contributed by atoms with Crippen molar-refractivity contribution in [2.24, 2.45) is 0 Å². The summed E-state index contributed by atoms with van der Waals surface area (Å²) in [5, 5.41) is 11.0. The van der Waals surface area contributed by atoms with Crippen molar-refractivity contribution in [1.82, 2.24) is 34.9 Å². The lowest BCUT2D eigenvalue weighted by atomic mass is 10.0. The lowest BCUT2D eigenvalue weighted by molar-refractivity contribution is 0.0691. The minimum Gasteiger partial charge on any atom is -0.377 e. The van der Waals surface area contributed by atoms with Gasteiger partial charge < -0.3 is 20.3 Å². The predicted octanol–water partition coefficient (Wildman–Crippen LogP) is 3.92. The van der Waals surface area contributed by atoms with Gasteiger partial charge in [-0.2, -0.15) is 5.10 Å². The Balaban J connectivity index is 1.31. The predicted molar refractivity (Wildman–Crippen MR) is 151 cm³/mol. The molecule has 2 N–H and O–H groups in total. The molecule has 2 aliphatic rings. The molecule has 3 amide bonds. The fourth-order valence-electron chi connectivity index (χ4n) is 5.19. The van der Waals surface area contributed by atoms with Crippen LogP contribution in [0.3, 0.4) is 0 Å². The molecule has 4 aromatic rings. The van der Waals surface area contributed by atoms with E-state index >= 15 is 0 Å². The molecule has 0 atom stereocenters. The van der Waals surface area contributed by atoms with Gasteiger partial charge in [0, 0.05) is 43.8 Å². The van der Waals surface area contributed by atoms with Crippen LogP contribution < -0.4 is 10.6 Å². The molecule has 0 aliphatic carbocycles. The number of aromatic nitrogens is 5. The van der Waals surface area contributed by atoms with Crippen LogP contribution in [-0.4, -0.2) is 74.9 Å². The highest BCUT2D eigenvalue weighted by Crippen LogP contribution is 2.32. The number of urea groups is 1. The molecule has 1 aromatic carbocycles. The zero-order chi connectivity index (χ0) is 27.5. The molecule has 6 rings (SSSR count). The summed E-state index contributed by atoms with van der Waals surface area (Å²) in [5.41, 5.74) is 4.88. The number of fused-ring (bicyclic) bond motifs is 1. The number of nitrogens with zero attached hydrogens (tertiary/aromatic N) is 6. The number of pyridine rings is 1. The van der Waals surface area contributed by atoms with E-state index in [0.717, 1.165) is 47.1 Å². The number of carbonyl (C=O) groups excluding carboxylic acids is 2. The summed E-state index contributed by atoms with van der Waals surface area (Å²) in [6.07, 6.45) is 9.52. The molecule has 0 spiro atoms. The Morgan fingerprint density at radius 1 is 1.05 bits per heavy atom. The summed E-state index contributed by atoms with van der Waals surface area (Å²) in [6, 6.07) is 10.9. The quantitative estimate of drug-likeness (QED) is 0.394. The topological polar surface area (TPSA) is 127 Å². The van der Waals surface area contributed by atoms with Gasteiger partial charge in [0.25, 0.3) is 5.91 Å². The van der Waals surface area contributed by atoms with Crippen LogP contribution in [0.2, 0.25) is 0 Å². The van der Waals surface area contributed by atoms with Crippen molar-refractivity contribution < 1.29 is 14.3 Å². The van der Waals surface area contributed by atoms with Crippen LogP contribution in [-0.2, 0) is 4.74 Å². The average molecular weight is 539 g/mol. The summed E-state index contributed by atoms with van der Waals surface area (Å²) >= 11 is 0. The van der Waals surface area contributed by atoms with Crippen LogP contribution in [0.4, 0.5) is 10.5 Å².